The van der Waals surface area contributed by atoms with Gasteiger partial charge in [0.15, 0.2) is 0 Å². The van der Waals surface area contributed by atoms with Gasteiger partial charge in [-0.2, -0.15) is 0 Å². The van der Waals surface area contributed by atoms with Gasteiger partial charge < -0.3 is 9.80 Å². The van der Waals surface area contributed by atoms with E-state index in [1.54, 1.807) is 0 Å². The van der Waals surface area contributed by atoms with Crippen LogP contribution in [0.15, 0.2) is 54.7 Å². The van der Waals surface area contributed by atoms with Gasteiger partial charge in [0.2, 0.25) is 0 Å². The molecule has 1 aliphatic rings. The number of aryl methyl sites for hydroxylation is 1. The highest BCUT2D eigenvalue weighted by Gasteiger charge is 2.26. The summed E-state index contributed by atoms with van der Waals surface area (Å²) >= 11 is 0. The second-order valence-electron chi connectivity index (χ2n) is 7.78. The maximum atomic E-state index is 13.0. The maximum Gasteiger partial charge on any atom is 0.272 e. The first-order valence-electron chi connectivity index (χ1n) is 9.83. The lowest BCUT2D eigenvalue weighted by molar-refractivity contribution is 0.0740. The highest BCUT2D eigenvalue weighted by Crippen LogP contribution is 2.19. The van der Waals surface area contributed by atoms with Crippen LogP contribution < -0.4 is 0 Å². The second kappa shape index (κ2) is 8.07. The second-order valence-corrected chi connectivity index (χ2v) is 7.78. The maximum absolute atomic E-state index is 13.0. The number of aromatic nitrogens is 2. The summed E-state index contributed by atoms with van der Waals surface area (Å²) in [6, 6.07) is 16.0. The molecule has 1 atom stereocenters. The molecule has 1 aromatic carbocycles. The zero-order valence-corrected chi connectivity index (χ0v) is 16.5. The summed E-state index contributed by atoms with van der Waals surface area (Å²) in [6.45, 7) is 5.24. The Labute approximate surface area is 166 Å². The molecule has 1 saturated heterocycles. The van der Waals surface area contributed by atoms with Crippen molar-refractivity contribution in [1.29, 1.82) is 0 Å². The summed E-state index contributed by atoms with van der Waals surface area (Å²) in [7, 11) is 2.13. The third-order valence-electron chi connectivity index (χ3n) is 5.37. The largest absolute Gasteiger partial charge is 0.336 e. The third-order valence-corrected chi connectivity index (χ3v) is 5.37. The monoisotopic (exact) mass is 374 g/mol. The van der Waals surface area contributed by atoms with Gasteiger partial charge in [0.05, 0.1) is 5.52 Å². The number of fused-ring (bicyclic) bond motifs is 1. The average Bonchev–Trinajstić information content (AvgIpc) is 2.88. The summed E-state index contributed by atoms with van der Waals surface area (Å²) in [5, 5.41) is 1.17. The quantitative estimate of drug-likeness (QED) is 0.706. The van der Waals surface area contributed by atoms with Crippen LogP contribution >= 0.6 is 0 Å². The number of pyridine rings is 2. The van der Waals surface area contributed by atoms with Crippen molar-refractivity contribution in [2.45, 2.75) is 13.3 Å². The molecule has 0 bridgehead atoms. The van der Waals surface area contributed by atoms with E-state index in [1.165, 1.54) is 10.9 Å². The Morgan fingerprint density at radius 3 is 2.82 bits per heavy atom. The number of rotatable bonds is 3. The number of carbonyl (C=O) groups is 1. The number of likely N-dealkylation sites (N-methyl/N-ethyl adjacent to an activating group) is 1. The SMILES string of the molecule is Cc1cccc(C(=O)N2CCN(C)C[C@H](Cc3cnc4ccccc4c3)C2)n1. The molecular weight excluding hydrogens is 348 g/mol. The highest BCUT2D eigenvalue weighted by molar-refractivity contribution is 5.92. The number of hydrogen-bond acceptors (Lipinski definition) is 4. The van der Waals surface area contributed by atoms with Crippen LogP contribution in [0.2, 0.25) is 0 Å². The van der Waals surface area contributed by atoms with E-state index in [0.717, 1.165) is 43.8 Å². The van der Waals surface area contributed by atoms with Gasteiger partial charge in [-0.25, -0.2) is 4.98 Å². The molecule has 28 heavy (non-hydrogen) atoms. The minimum atomic E-state index is 0.0284. The number of nitrogens with zero attached hydrogens (tertiary/aromatic N) is 4. The molecule has 1 amide bonds. The van der Waals surface area contributed by atoms with E-state index in [4.69, 9.17) is 0 Å². The molecule has 1 aliphatic heterocycles. The summed E-state index contributed by atoms with van der Waals surface area (Å²) in [5.41, 5.74) is 3.65. The Bertz CT molecular complexity index is 987. The van der Waals surface area contributed by atoms with Crippen LogP contribution in [0.3, 0.4) is 0 Å². The molecule has 2 aromatic heterocycles. The first-order chi connectivity index (χ1) is 13.6. The average molecular weight is 374 g/mol. The smallest absolute Gasteiger partial charge is 0.272 e. The zero-order valence-electron chi connectivity index (χ0n) is 16.5. The minimum absolute atomic E-state index is 0.0284. The van der Waals surface area contributed by atoms with Crippen molar-refractivity contribution >= 4 is 16.8 Å². The molecule has 0 N–H and O–H groups in total. The molecule has 144 valence electrons. The molecule has 0 unspecified atom stereocenters. The molecule has 4 rings (SSSR count). The molecule has 5 heteroatoms. The Kier molecular flexibility index (Phi) is 5.35. The van der Waals surface area contributed by atoms with Gasteiger partial charge in [0.25, 0.3) is 5.91 Å². The fourth-order valence-electron chi connectivity index (χ4n) is 3.98. The first kappa shape index (κ1) is 18.6. The lowest BCUT2D eigenvalue weighted by Gasteiger charge is -2.24. The summed E-state index contributed by atoms with van der Waals surface area (Å²) < 4.78 is 0. The van der Waals surface area contributed by atoms with Gasteiger partial charge in [0.1, 0.15) is 5.69 Å². The molecule has 0 spiro atoms. The number of para-hydroxylation sites is 1. The Balaban J connectivity index is 1.53. The predicted molar refractivity (Wildman–Crippen MR) is 111 cm³/mol. The summed E-state index contributed by atoms with van der Waals surface area (Å²) in [4.78, 5) is 26.3. The van der Waals surface area contributed by atoms with Crippen LogP contribution in [0.25, 0.3) is 10.9 Å². The van der Waals surface area contributed by atoms with Crippen molar-refractivity contribution in [3.63, 3.8) is 0 Å². The van der Waals surface area contributed by atoms with Gasteiger partial charge in [-0.15, -0.1) is 0 Å². The highest BCUT2D eigenvalue weighted by atomic mass is 16.2. The lowest BCUT2D eigenvalue weighted by atomic mass is 9.98. The van der Waals surface area contributed by atoms with Crippen LogP contribution in [-0.2, 0) is 6.42 Å². The number of amides is 1. The van der Waals surface area contributed by atoms with Gasteiger partial charge in [-0.3, -0.25) is 9.78 Å². The number of hydrogen-bond donors (Lipinski definition) is 0. The third kappa shape index (κ3) is 4.20. The molecule has 3 aromatic rings. The van der Waals surface area contributed by atoms with E-state index in [9.17, 15) is 4.79 Å². The van der Waals surface area contributed by atoms with Crippen LogP contribution in [0.5, 0.6) is 0 Å². The molecular formula is C23H26N4O. The van der Waals surface area contributed by atoms with Crippen molar-refractivity contribution in [1.82, 2.24) is 19.8 Å². The van der Waals surface area contributed by atoms with E-state index in [-0.39, 0.29) is 5.91 Å². The van der Waals surface area contributed by atoms with Crippen LogP contribution in [-0.4, -0.2) is 58.9 Å². The van der Waals surface area contributed by atoms with Crippen molar-refractivity contribution in [3.05, 3.63) is 71.7 Å². The molecule has 0 saturated carbocycles. The molecule has 5 nitrogen and oxygen atoms in total. The molecule has 0 radical (unpaired) electrons. The van der Waals surface area contributed by atoms with Crippen molar-refractivity contribution in [2.75, 3.05) is 33.2 Å². The molecule has 0 aliphatic carbocycles. The zero-order chi connectivity index (χ0) is 19.5. The Morgan fingerprint density at radius 2 is 1.96 bits per heavy atom. The molecule has 3 heterocycles. The van der Waals surface area contributed by atoms with E-state index >= 15 is 0 Å². The van der Waals surface area contributed by atoms with Crippen LogP contribution in [0.1, 0.15) is 21.7 Å². The van der Waals surface area contributed by atoms with Gasteiger partial charge in [-0.05, 0) is 56.1 Å². The number of benzene rings is 1. The Morgan fingerprint density at radius 1 is 1.11 bits per heavy atom. The van der Waals surface area contributed by atoms with Gasteiger partial charge in [-0.1, -0.05) is 24.3 Å². The van der Waals surface area contributed by atoms with Crippen molar-refractivity contribution in [3.8, 4) is 0 Å². The predicted octanol–water partition coefficient (Wildman–Crippen LogP) is 3.18. The van der Waals surface area contributed by atoms with Gasteiger partial charge in [0, 0.05) is 43.5 Å². The Hall–Kier alpha value is -2.79. The van der Waals surface area contributed by atoms with E-state index in [1.807, 2.05) is 54.4 Å². The topological polar surface area (TPSA) is 49.3 Å². The summed E-state index contributed by atoms with van der Waals surface area (Å²) in [5.74, 6) is 0.393. The number of carbonyl (C=O) groups excluding carboxylic acids is 1. The first-order valence-corrected chi connectivity index (χ1v) is 9.83. The fourth-order valence-corrected chi connectivity index (χ4v) is 3.98. The molecule has 1 fully saturated rings. The minimum Gasteiger partial charge on any atom is -0.336 e. The standard InChI is InChI=1S/C23H26N4O/c1-17-6-5-9-22(25-17)23(28)27-11-10-26(2)15-19(16-27)12-18-13-20-7-3-4-8-21(20)24-14-18/h3-9,13-14,19H,10-12,15-16H2,1-2H3/t19-/m0/s1. The van der Waals surface area contributed by atoms with Crippen LogP contribution in [0, 0.1) is 12.8 Å². The van der Waals surface area contributed by atoms with E-state index in [2.05, 4.69) is 34.0 Å². The lowest BCUT2D eigenvalue weighted by Crippen LogP contribution is -2.37. The summed E-state index contributed by atoms with van der Waals surface area (Å²) in [6.07, 6.45) is 2.88. The van der Waals surface area contributed by atoms with E-state index < -0.39 is 0 Å². The van der Waals surface area contributed by atoms with Crippen LogP contribution in [0.4, 0.5) is 0 Å². The normalized spacial score (nSPS) is 18.2. The van der Waals surface area contributed by atoms with Crippen molar-refractivity contribution < 1.29 is 4.79 Å². The van der Waals surface area contributed by atoms with E-state index in [0.29, 0.717) is 11.6 Å². The fraction of sp³-hybridized carbons (Fsp3) is 0.348. The van der Waals surface area contributed by atoms with Crippen molar-refractivity contribution in [2.24, 2.45) is 5.92 Å². The van der Waals surface area contributed by atoms with Gasteiger partial charge >= 0.3 is 0 Å².